The highest BCUT2D eigenvalue weighted by molar-refractivity contribution is 5.27. The van der Waals surface area contributed by atoms with E-state index in [0.29, 0.717) is 0 Å². The zero-order valence-electron chi connectivity index (χ0n) is 10.7. The highest BCUT2D eigenvalue weighted by Gasteiger charge is 1.95. The van der Waals surface area contributed by atoms with Gasteiger partial charge in [0, 0.05) is 6.54 Å². The lowest BCUT2D eigenvalue weighted by Gasteiger charge is -2.07. The smallest absolute Gasteiger partial charge is 0.119 e. The van der Waals surface area contributed by atoms with Crippen molar-refractivity contribution < 1.29 is 4.74 Å². The molecule has 0 aromatic heterocycles. The van der Waals surface area contributed by atoms with E-state index in [0.717, 1.165) is 44.8 Å². The first-order valence-corrected chi connectivity index (χ1v) is 6.49. The third-order valence-electron chi connectivity index (χ3n) is 2.58. The summed E-state index contributed by atoms with van der Waals surface area (Å²) in [7, 11) is 0. The van der Waals surface area contributed by atoms with Gasteiger partial charge in [-0.1, -0.05) is 25.5 Å². The molecule has 1 aromatic carbocycles. The minimum atomic E-state index is 0.747. The molecule has 0 aliphatic carbocycles. The summed E-state index contributed by atoms with van der Waals surface area (Å²) in [6.45, 7) is 5.60. The van der Waals surface area contributed by atoms with Crippen LogP contribution in [0.1, 0.15) is 31.7 Å². The lowest BCUT2D eigenvalue weighted by Crippen LogP contribution is -2.17. The van der Waals surface area contributed by atoms with E-state index in [1.54, 1.807) is 0 Å². The summed E-state index contributed by atoms with van der Waals surface area (Å²) >= 11 is 0. The predicted octanol–water partition coefficient (Wildman–Crippen LogP) is 2.30. The van der Waals surface area contributed by atoms with Crippen molar-refractivity contribution >= 4 is 0 Å². The first kappa shape index (κ1) is 14.0. The van der Waals surface area contributed by atoms with Gasteiger partial charge in [0.2, 0.25) is 0 Å². The Morgan fingerprint density at radius 2 is 1.94 bits per heavy atom. The Morgan fingerprint density at radius 3 is 2.59 bits per heavy atom. The Morgan fingerprint density at radius 1 is 1.18 bits per heavy atom. The first-order valence-electron chi connectivity index (χ1n) is 6.49. The molecule has 0 unspecified atom stereocenters. The molecule has 0 saturated carbocycles. The van der Waals surface area contributed by atoms with Gasteiger partial charge in [-0.15, -0.1) is 0 Å². The Balaban J connectivity index is 2.24. The summed E-state index contributed by atoms with van der Waals surface area (Å²) in [5.41, 5.74) is 6.71. The van der Waals surface area contributed by atoms with Gasteiger partial charge >= 0.3 is 0 Å². The number of rotatable bonds is 9. The topological polar surface area (TPSA) is 47.3 Å². The Hall–Kier alpha value is -1.06. The second-order valence-corrected chi connectivity index (χ2v) is 4.16. The molecule has 0 fully saturated rings. The summed E-state index contributed by atoms with van der Waals surface area (Å²) < 4.78 is 5.61. The number of nitrogens with two attached hydrogens (primary N) is 1. The van der Waals surface area contributed by atoms with Gasteiger partial charge in [-0.05, 0) is 43.6 Å². The third-order valence-corrected chi connectivity index (χ3v) is 2.58. The standard InChI is InChI=1S/C14H24N2O/c1-2-3-11-17-14-7-5-13(6-8-14)12-16-10-4-9-15/h5-8,16H,2-4,9-12,15H2,1H3. The average Bonchev–Trinajstić information content (AvgIpc) is 2.37. The zero-order chi connectivity index (χ0) is 12.3. The van der Waals surface area contributed by atoms with Crippen molar-refractivity contribution in [3.63, 3.8) is 0 Å². The van der Waals surface area contributed by atoms with Crippen molar-refractivity contribution in [1.29, 1.82) is 0 Å². The maximum atomic E-state index is 5.61. The molecule has 0 aliphatic rings. The highest BCUT2D eigenvalue weighted by Crippen LogP contribution is 2.12. The second-order valence-electron chi connectivity index (χ2n) is 4.16. The lowest BCUT2D eigenvalue weighted by molar-refractivity contribution is 0.309. The molecular weight excluding hydrogens is 212 g/mol. The molecule has 1 rings (SSSR count). The molecule has 96 valence electrons. The van der Waals surface area contributed by atoms with Crippen molar-refractivity contribution in [3.05, 3.63) is 29.8 Å². The molecule has 0 radical (unpaired) electrons. The van der Waals surface area contributed by atoms with Gasteiger partial charge in [0.15, 0.2) is 0 Å². The highest BCUT2D eigenvalue weighted by atomic mass is 16.5. The molecule has 0 bridgehead atoms. The maximum Gasteiger partial charge on any atom is 0.119 e. The lowest BCUT2D eigenvalue weighted by atomic mass is 10.2. The first-order chi connectivity index (χ1) is 8.36. The minimum Gasteiger partial charge on any atom is -0.494 e. The molecule has 0 spiro atoms. The number of hydrogen-bond donors (Lipinski definition) is 2. The summed E-state index contributed by atoms with van der Waals surface area (Å²) in [6, 6.07) is 8.29. The van der Waals surface area contributed by atoms with E-state index in [4.69, 9.17) is 10.5 Å². The van der Waals surface area contributed by atoms with Gasteiger partial charge in [0.25, 0.3) is 0 Å². The number of ether oxygens (including phenoxy) is 1. The van der Waals surface area contributed by atoms with Gasteiger partial charge < -0.3 is 15.8 Å². The van der Waals surface area contributed by atoms with E-state index in [-0.39, 0.29) is 0 Å². The van der Waals surface area contributed by atoms with Crippen molar-refractivity contribution in [1.82, 2.24) is 5.32 Å². The van der Waals surface area contributed by atoms with E-state index in [9.17, 15) is 0 Å². The van der Waals surface area contributed by atoms with Crippen molar-refractivity contribution in [3.8, 4) is 5.75 Å². The molecule has 17 heavy (non-hydrogen) atoms. The molecule has 0 aliphatic heterocycles. The molecule has 0 saturated heterocycles. The molecule has 0 atom stereocenters. The molecule has 3 nitrogen and oxygen atoms in total. The van der Waals surface area contributed by atoms with Crippen molar-refractivity contribution in [2.24, 2.45) is 5.73 Å². The fraction of sp³-hybridized carbons (Fsp3) is 0.571. The van der Waals surface area contributed by atoms with Gasteiger partial charge in [0.1, 0.15) is 5.75 Å². The van der Waals surface area contributed by atoms with Crippen molar-refractivity contribution in [2.75, 3.05) is 19.7 Å². The average molecular weight is 236 g/mol. The van der Waals surface area contributed by atoms with Crippen LogP contribution in [0.5, 0.6) is 5.75 Å². The normalized spacial score (nSPS) is 10.5. The fourth-order valence-corrected chi connectivity index (χ4v) is 1.50. The van der Waals surface area contributed by atoms with Crippen LogP contribution in [-0.2, 0) is 6.54 Å². The van der Waals surface area contributed by atoms with Crippen LogP contribution < -0.4 is 15.8 Å². The van der Waals surface area contributed by atoms with E-state index < -0.39 is 0 Å². The second kappa shape index (κ2) is 9.02. The van der Waals surface area contributed by atoms with E-state index in [1.165, 1.54) is 12.0 Å². The largest absolute Gasteiger partial charge is 0.494 e. The Labute approximate surface area is 104 Å². The summed E-state index contributed by atoms with van der Waals surface area (Å²) in [4.78, 5) is 0. The molecule has 3 N–H and O–H groups in total. The van der Waals surface area contributed by atoms with Crippen LogP contribution >= 0.6 is 0 Å². The molecule has 3 heteroatoms. The van der Waals surface area contributed by atoms with Crippen molar-refractivity contribution in [2.45, 2.75) is 32.7 Å². The number of nitrogens with one attached hydrogen (secondary N) is 1. The summed E-state index contributed by atoms with van der Waals surface area (Å²) in [5, 5.41) is 3.35. The minimum absolute atomic E-state index is 0.747. The predicted molar refractivity (Wildman–Crippen MR) is 72.2 cm³/mol. The van der Waals surface area contributed by atoms with E-state index >= 15 is 0 Å². The SMILES string of the molecule is CCCCOc1ccc(CNCCCN)cc1. The van der Waals surface area contributed by atoms with E-state index in [2.05, 4.69) is 24.4 Å². The Kier molecular flexibility index (Phi) is 7.43. The third kappa shape index (κ3) is 6.29. The van der Waals surface area contributed by atoms with Crippen LogP contribution in [0.2, 0.25) is 0 Å². The summed E-state index contributed by atoms with van der Waals surface area (Å²) in [6.07, 6.45) is 3.31. The van der Waals surface area contributed by atoms with Gasteiger partial charge in [-0.2, -0.15) is 0 Å². The van der Waals surface area contributed by atoms with Crippen LogP contribution in [0.25, 0.3) is 0 Å². The van der Waals surface area contributed by atoms with Crippen LogP contribution in [0.4, 0.5) is 0 Å². The molecular formula is C14H24N2O. The van der Waals surface area contributed by atoms with Gasteiger partial charge in [-0.25, -0.2) is 0 Å². The van der Waals surface area contributed by atoms with Crippen LogP contribution in [-0.4, -0.2) is 19.7 Å². The van der Waals surface area contributed by atoms with Crippen LogP contribution in [0, 0.1) is 0 Å². The van der Waals surface area contributed by atoms with Crippen LogP contribution in [0.15, 0.2) is 24.3 Å². The fourth-order valence-electron chi connectivity index (χ4n) is 1.50. The number of unbranched alkanes of at least 4 members (excludes halogenated alkanes) is 1. The summed E-state index contributed by atoms with van der Waals surface area (Å²) in [5.74, 6) is 0.962. The number of benzene rings is 1. The van der Waals surface area contributed by atoms with E-state index in [1.807, 2.05) is 12.1 Å². The Bertz CT molecular complexity index is 285. The number of hydrogen-bond acceptors (Lipinski definition) is 3. The van der Waals surface area contributed by atoms with Crippen LogP contribution in [0.3, 0.4) is 0 Å². The maximum absolute atomic E-state index is 5.61. The molecule has 0 amide bonds. The monoisotopic (exact) mass is 236 g/mol. The molecule has 0 heterocycles. The molecule has 1 aromatic rings. The quantitative estimate of drug-likeness (QED) is 0.647. The van der Waals surface area contributed by atoms with Gasteiger partial charge in [-0.3, -0.25) is 0 Å². The van der Waals surface area contributed by atoms with Gasteiger partial charge in [0.05, 0.1) is 6.61 Å². The zero-order valence-corrected chi connectivity index (χ0v) is 10.7.